The van der Waals surface area contributed by atoms with Crippen molar-refractivity contribution in [3.8, 4) is 0 Å². The van der Waals surface area contributed by atoms with Gasteiger partial charge in [-0.15, -0.1) is 0 Å². The van der Waals surface area contributed by atoms with Gasteiger partial charge in [0.05, 0.1) is 6.54 Å². The maximum atomic E-state index is 12.0. The lowest BCUT2D eigenvalue weighted by Gasteiger charge is -2.18. The van der Waals surface area contributed by atoms with Crippen LogP contribution >= 0.6 is 0 Å². The molecule has 0 spiro atoms. The Labute approximate surface area is 110 Å². The molecule has 0 aliphatic heterocycles. The Hall–Kier alpha value is -1.92. The number of hydrogen-bond acceptors (Lipinski definition) is 5. The van der Waals surface area contributed by atoms with Crippen LogP contribution in [-0.4, -0.2) is 27.3 Å². The highest BCUT2D eigenvalue weighted by atomic mass is 16.6. The van der Waals surface area contributed by atoms with E-state index in [1.165, 1.54) is 0 Å². The molecule has 7 heteroatoms. The minimum absolute atomic E-state index is 0.0611. The van der Waals surface area contributed by atoms with Crippen molar-refractivity contribution in [3.63, 3.8) is 0 Å². The average Bonchev–Trinajstić information content (AvgIpc) is 2.98. The minimum Gasteiger partial charge on any atom is -0.481 e. The van der Waals surface area contributed by atoms with Gasteiger partial charge in [-0.2, -0.15) is 0 Å². The quantitative estimate of drug-likeness (QED) is 0.767. The lowest BCUT2D eigenvalue weighted by Crippen LogP contribution is -2.39. The second-order valence-corrected chi connectivity index (χ2v) is 4.87. The van der Waals surface area contributed by atoms with E-state index in [-0.39, 0.29) is 12.5 Å². The van der Waals surface area contributed by atoms with Crippen molar-refractivity contribution < 1.29 is 19.3 Å². The zero-order valence-electron chi connectivity index (χ0n) is 10.8. The number of nitrogens with zero attached hydrogens (tertiary/aromatic N) is 2. The summed E-state index contributed by atoms with van der Waals surface area (Å²) in [6, 6.07) is 0. The Bertz CT molecular complexity index is 465. The number of carbonyl (C=O) groups is 2. The number of hydrogen-bond donors (Lipinski definition) is 2. The zero-order valence-corrected chi connectivity index (χ0v) is 10.8. The smallest absolute Gasteiger partial charge is 0.316 e. The molecule has 1 heterocycles. The Balaban J connectivity index is 1.96. The van der Waals surface area contributed by atoms with E-state index in [4.69, 9.17) is 0 Å². The van der Waals surface area contributed by atoms with Crippen LogP contribution in [0.1, 0.15) is 37.1 Å². The number of amides is 1. The molecular formula is C12H17N3O4. The Morgan fingerprint density at radius 3 is 2.63 bits per heavy atom. The summed E-state index contributed by atoms with van der Waals surface area (Å²) in [7, 11) is 0. The molecule has 19 heavy (non-hydrogen) atoms. The van der Waals surface area contributed by atoms with Crippen molar-refractivity contribution in [1.29, 1.82) is 0 Å². The second-order valence-electron chi connectivity index (χ2n) is 4.87. The van der Waals surface area contributed by atoms with E-state index in [1.54, 1.807) is 6.92 Å². The number of carboxylic acid groups (broad SMARTS) is 1. The maximum absolute atomic E-state index is 12.0. The molecule has 2 rings (SSSR count). The summed E-state index contributed by atoms with van der Waals surface area (Å²) in [5.41, 5.74) is 1.11. The highest BCUT2D eigenvalue weighted by Gasteiger charge is 2.36. The Kier molecular flexibility index (Phi) is 4.13. The zero-order chi connectivity index (χ0) is 13.8. The summed E-state index contributed by atoms with van der Waals surface area (Å²) in [6.07, 6.45) is 3.59. The molecule has 7 nitrogen and oxygen atoms in total. The lowest BCUT2D eigenvalue weighted by molar-refractivity contribution is -0.149. The molecule has 104 valence electrons. The first kappa shape index (κ1) is 13.5. The lowest BCUT2D eigenvalue weighted by atomic mass is 9.90. The third-order valence-electron chi connectivity index (χ3n) is 3.60. The van der Waals surface area contributed by atoms with E-state index in [0.717, 1.165) is 25.7 Å². The molecule has 0 saturated heterocycles. The summed E-state index contributed by atoms with van der Waals surface area (Å²) in [5, 5.41) is 19.0. The van der Waals surface area contributed by atoms with Gasteiger partial charge in [-0.05, 0) is 25.7 Å². The molecular weight excluding hydrogens is 250 g/mol. The fraction of sp³-hybridized carbons (Fsp3) is 0.667. The average molecular weight is 267 g/mol. The van der Waals surface area contributed by atoms with Crippen LogP contribution in [0.15, 0.2) is 4.63 Å². The van der Waals surface area contributed by atoms with Gasteiger partial charge >= 0.3 is 5.97 Å². The van der Waals surface area contributed by atoms with Gasteiger partial charge in [0, 0.05) is 0 Å². The second kappa shape index (κ2) is 5.81. The maximum Gasteiger partial charge on any atom is 0.316 e. The highest BCUT2D eigenvalue weighted by molar-refractivity contribution is 5.97. The molecule has 0 radical (unpaired) electrons. The molecule has 1 amide bonds. The summed E-state index contributed by atoms with van der Waals surface area (Å²) in [5.74, 6) is -2.54. The van der Waals surface area contributed by atoms with Gasteiger partial charge in [-0.3, -0.25) is 9.59 Å². The summed E-state index contributed by atoms with van der Waals surface area (Å²) in [4.78, 5) is 23.3. The number of carboxylic acids is 1. The topological polar surface area (TPSA) is 105 Å². The first-order chi connectivity index (χ1) is 9.09. The van der Waals surface area contributed by atoms with Crippen LogP contribution in [0.5, 0.6) is 0 Å². The van der Waals surface area contributed by atoms with Crippen LogP contribution in [0.2, 0.25) is 0 Å². The van der Waals surface area contributed by atoms with E-state index in [2.05, 4.69) is 20.3 Å². The van der Waals surface area contributed by atoms with E-state index in [0.29, 0.717) is 11.4 Å². The van der Waals surface area contributed by atoms with Crippen molar-refractivity contribution in [2.75, 3.05) is 0 Å². The van der Waals surface area contributed by atoms with E-state index >= 15 is 0 Å². The van der Waals surface area contributed by atoms with Crippen molar-refractivity contribution in [3.05, 3.63) is 11.4 Å². The van der Waals surface area contributed by atoms with Crippen molar-refractivity contribution in [1.82, 2.24) is 15.6 Å². The van der Waals surface area contributed by atoms with Gasteiger partial charge < -0.3 is 10.4 Å². The first-order valence-corrected chi connectivity index (χ1v) is 6.38. The predicted octanol–water partition coefficient (Wildman–Crippen LogP) is 0.885. The van der Waals surface area contributed by atoms with Gasteiger partial charge in [-0.25, -0.2) is 4.63 Å². The van der Waals surface area contributed by atoms with Gasteiger partial charge in [0.25, 0.3) is 0 Å². The molecule has 0 aromatic carbocycles. The molecule has 1 aliphatic rings. The van der Waals surface area contributed by atoms with Crippen molar-refractivity contribution in [2.45, 2.75) is 39.2 Å². The van der Waals surface area contributed by atoms with Crippen molar-refractivity contribution in [2.24, 2.45) is 11.8 Å². The van der Waals surface area contributed by atoms with Gasteiger partial charge in [0.2, 0.25) is 5.91 Å². The molecule has 1 aliphatic carbocycles. The fourth-order valence-electron chi connectivity index (χ4n) is 2.51. The molecule has 0 bridgehead atoms. The Morgan fingerprint density at radius 1 is 1.42 bits per heavy atom. The third-order valence-corrected chi connectivity index (χ3v) is 3.60. The minimum atomic E-state index is -1.06. The number of nitrogens with one attached hydrogen (secondary N) is 1. The molecule has 1 fully saturated rings. The molecule has 1 saturated carbocycles. The number of rotatable bonds is 5. The van der Waals surface area contributed by atoms with Crippen LogP contribution in [0, 0.1) is 18.8 Å². The van der Waals surface area contributed by atoms with Crippen LogP contribution < -0.4 is 5.32 Å². The van der Waals surface area contributed by atoms with Gasteiger partial charge in [0.1, 0.15) is 17.3 Å². The third kappa shape index (κ3) is 3.10. The molecule has 1 aromatic heterocycles. The SMILES string of the molecule is Cc1nonc1CNC(=O)C(C(=O)O)C1CCCC1. The molecule has 1 aromatic rings. The molecule has 1 atom stereocenters. The monoisotopic (exact) mass is 267 g/mol. The van der Waals surface area contributed by atoms with E-state index in [1.807, 2.05) is 0 Å². The summed E-state index contributed by atoms with van der Waals surface area (Å²) >= 11 is 0. The number of aromatic nitrogens is 2. The van der Waals surface area contributed by atoms with Crippen LogP contribution in [0.25, 0.3) is 0 Å². The van der Waals surface area contributed by atoms with Crippen LogP contribution in [-0.2, 0) is 16.1 Å². The van der Waals surface area contributed by atoms with Gasteiger partial charge in [0.15, 0.2) is 0 Å². The Morgan fingerprint density at radius 2 is 2.11 bits per heavy atom. The van der Waals surface area contributed by atoms with Crippen molar-refractivity contribution >= 4 is 11.9 Å². The number of aliphatic carboxylic acids is 1. The highest BCUT2D eigenvalue weighted by Crippen LogP contribution is 2.31. The van der Waals surface area contributed by atoms with Crippen LogP contribution in [0.4, 0.5) is 0 Å². The number of aryl methyl sites for hydroxylation is 1. The number of carbonyl (C=O) groups excluding carboxylic acids is 1. The van der Waals surface area contributed by atoms with E-state index in [9.17, 15) is 14.7 Å². The van der Waals surface area contributed by atoms with Gasteiger partial charge in [-0.1, -0.05) is 23.2 Å². The molecule has 1 unspecified atom stereocenters. The van der Waals surface area contributed by atoms with E-state index < -0.39 is 17.8 Å². The first-order valence-electron chi connectivity index (χ1n) is 6.38. The largest absolute Gasteiger partial charge is 0.481 e. The molecule has 2 N–H and O–H groups in total. The standard InChI is InChI=1S/C12H17N3O4/c1-7-9(15-19-14-7)6-13-11(16)10(12(17)18)8-4-2-3-5-8/h8,10H,2-6H2,1H3,(H,13,16)(H,17,18). The van der Waals surface area contributed by atoms with Crippen LogP contribution in [0.3, 0.4) is 0 Å². The normalized spacial score (nSPS) is 17.3. The summed E-state index contributed by atoms with van der Waals surface area (Å²) in [6.45, 7) is 1.86. The fourth-order valence-corrected chi connectivity index (χ4v) is 2.51. The summed E-state index contributed by atoms with van der Waals surface area (Å²) < 4.78 is 4.52. The predicted molar refractivity (Wildman–Crippen MR) is 64.0 cm³/mol.